The Labute approximate surface area is 252 Å². The number of H-pyrrole nitrogens is 1. The van der Waals surface area contributed by atoms with E-state index in [2.05, 4.69) is 45.7 Å². The van der Waals surface area contributed by atoms with E-state index in [1.165, 1.54) is 31.1 Å². The molecule has 0 atom stereocenters. The molecule has 1 saturated heterocycles. The molecule has 0 saturated carbocycles. The second-order valence-electron chi connectivity index (χ2n) is 11.8. The maximum atomic E-state index is 12.6. The number of pyridine rings is 1. The summed E-state index contributed by atoms with van der Waals surface area (Å²) in [6.45, 7) is 9.43. The molecule has 0 radical (unpaired) electrons. The summed E-state index contributed by atoms with van der Waals surface area (Å²) in [5.41, 5.74) is 6.66. The average Bonchev–Trinajstić information content (AvgIpc) is 3.46. The van der Waals surface area contributed by atoms with Crippen LogP contribution in [-0.2, 0) is 4.74 Å². The van der Waals surface area contributed by atoms with Crippen molar-refractivity contribution in [3.63, 3.8) is 0 Å². The van der Waals surface area contributed by atoms with Crippen LogP contribution in [0, 0.1) is 5.41 Å². The second kappa shape index (κ2) is 11.8. The fourth-order valence-corrected chi connectivity index (χ4v) is 6.58. The lowest BCUT2D eigenvalue weighted by Gasteiger charge is -2.40. The third-order valence-corrected chi connectivity index (χ3v) is 8.82. The molecule has 3 heterocycles. The molecule has 4 aromatic rings. The summed E-state index contributed by atoms with van der Waals surface area (Å²) in [6.07, 6.45) is 7.06. The summed E-state index contributed by atoms with van der Waals surface area (Å²) in [7, 11) is 1.38. The number of fused-ring (bicyclic) bond motifs is 1. The number of anilines is 1. The van der Waals surface area contributed by atoms with E-state index >= 15 is 0 Å². The highest BCUT2D eigenvalue weighted by molar-refractivity contribution is 6.30. The average molecular weight is 585 g/mol. The molecule has 2 aromatic heterocycles. The minimum Gasteiger partial charge on any atom is -0.465 e. The first-order valence-corrected chi connectivity index (χ1v) is 15.0. The summed E-state index contributed by atoms with van der Waals surface area (Å²) in [4.78, 5) is 25.0. The zero-order chi connectivity index (χ0) is 29.3. The van der Waals surface area contributed by atoms with Crippen LogP contribution in [0.4, 0.5) is 5.69 Å². The molecular formula is C34H37ClN4O3. The molecule has 1 aliphatic heterocycles. The van der Waals surface area contributed by atoms with Gasteiger partial charge in [-0.05, 0) is 72.2 Å². The SMILES string of the molecule is COC(=O)c1ccc(N2CCN(CC3=C(c4ccc(Cl)cc4)C(C)(C)CCC3)CC2)cc1Oc1cnc2[nH]ccc2c1. The topological polar surface area (TPSA) is 70.7 Å². The van der Waals surface area contributed by atoms with Gasteiger partial charge in [0.2, 0.25) is 0 Å². The van der Waals surface area contributed by atoms with Gasteiger partial charge in [0.1, 0.15) is 22.7 Å². The predicted molar refractivity (Wildman–Crippen MR) is 169 cm³/mol. The Morgan fingerprint density at radius 2 is 1.83 bits per heavy atom. The van der Waals surface area contributed by atoms with Gasteiger partial charge in [-0.25, -0.2) is 9.78 Å². The third-order valence-electron chi connectivity index (χ3n) is 8.57. The smallest absolute Gasteiger partial charge is 0.341 e. The summed E-state index contributed by atoms with van der Waals surface area (Å²) in [6, 6.07) is 17.9. The molecule has 1 fully saturated rings. The largest absolute Gasteiger partial charge is 0.465 e. The van der Waals surface area contributed by atoms with Crippen molar-refractivity contribution in [1.82, 2.24) is 14.9 Å². The number of nitrogens with zero attached hydrogens (tertiary/aromatic N) is 3. The lowest BCUT2D eigenvalue weighted by molar-refractivity contribution is 0.0598. The van der Waals surface area contributed by atoms with E-state index in [0.717, 1.165) is 60.9 Å². The zero-order valence-electron chi connectivity index (χ0n) is 24.5. The van der Waals surface area contributed by atoms with Crippen molar-refractivity contribution < 1.29 is 14.3 Å². The van der Waals surface area contributed by atoms with E-state index in [9.17, 15) is 4.79 Å². The molecule has 7 nitrogen and oxygen atoms in total. The van der Waals surface area contributed by atoms with E-state index in [1.54, 1.807) is 17.8 Å². The standard InChI is InChI=1S/C34H37ClN4O3/c1-34(2)13-4-5-25(31(34)23-6-8-26(35)9-7-23)22-38-15-17-39(18-16-38)27-10-11-29(33(40)41-3)30(20-27)42-28-19-24-12-14-36-32(24)37-21-28/h6-12,14,19-21H,4-5,13,15-18,22H2,1-3H3,(H,36,37). The van der Waals surface area contributed by atoms with Gasteiger partial charge in [-0.1, -0.05) is 43.2 Å². The van der Waals surface area contributed by atoms with Crippen LogP contribution in [-0.4, -0.2) is 60.7 Å². The van der Waals surface area contributed by atoms with Gasteiger partial charge < -0.3 is 19.4 Å². The molecule has 6 rings (SSSR count). The molecule has 0 amide bonds. The third kappa shape index (κ3) is 5.90. The van der Waals surface area contributed by atoms with Gasteiger partial charge in [0.15, 0.2) is 0 Å². The Bertz CT molecular complexity index is 1620. The van der Waals surface area contributed by atoms with Crippen LogP contribution in [0.2, 0.25) is 5.02 Å². The highest BCUT2D eigenvalue weighted by atomic mass is 35.5. The minimum atomic E-state index is -0.433. The molecule has 0 bridgehead atoms. The first-order chi connectivity index (χ1) is 20.3. The van der Waals surface area contributed by atoms with Crippen molar-refractivity contribution >= 4 is 39.9 Å². The van der Waals surface area contributed by atoms with Crippen molar-refractivity contribution in [3.05, 3.63) is 88.7 Å². The Kier molecular flexibility index (Phi) is 7.97. The number of esters is 1. The predicted octanol–water partition coefficient (Wildman–Crippen LogP) is 7.58. The van der Waals surface area contributed by atoms with Crippen LogP contribution in [0.1, 0.15) is 49.0 Å². The van der Waals surface area contributed by atoms with Gasteiger partial charge in [0.25, 0.3) is 0 Å². The van der Waals surface area contributed by atoms with Crippen LogP contribution in [0.25, 0.3) is 16.6 Å². The van der Waals surface area contributed by atoms with E-state index in [4.69, 9.17) is 21.1 Å². The molecule has 42 heavy (non-hydrogen) atoms. The first kappa shape index (κ1) is 28.3. The van der Waals surface area contributed by atoms with Crippen molar-refractivity contribution in [2.45, 2.75) is 33.1 Å². The maximum absolute atomic E-state index is 12.6. The molecule has 1 aliphatic carbocycles. The first-order valence-electron chi connectivity index (χ1n) is 14.6. The number of ether oxygens (including phenoxy) is 2. The van der Waals surface area contributed by atoms with Crippen LogP contribution in [0.3, 0.4) is 0 Å². The van der Waals surface area contributed by atoms with Crippen LogP contribution < -0.4 is 9.64 Å². The van der Waals surface area contributed by atoms with Crippen molar-refractivity contribution in [2.24, 2.45) is 5.41 Å². The molecule has 0 spiro atoms. The van der Waals surface area contributed by atoms with Crippen LogP contribution in [0.5, 0.6) is 11.5 Å². The maximum Gasteiger partial charge on any atom is 0.341 e. The molecule has 218 valence electrons. The van der Waals surface area contributed by atoms with Crippen LogP contribution >= 0.6 is 11.6 Å². The number of carbonyl (C=O) groups is 1. The van der Waals surface area contributed by atoms with Gasteiger partial charge in [-0.15, -0.1) is 0 Å². The fourth-order valence-electron chi connectivity index (χ4n) is 6.45. The molecule has 1 N–H and O–H groups in total. The lowest BCUT2D eigenvalue weighted by atomic mass is 9.70. The Morgan fingerprint density at radius 3 is 2.60 bits per heavy atom. The minimum absolute atomic E-state index is 0.141. The normalized spacial score (nSPS) is 17.5. The van der Waals surface area contributed by atoms with Crippen molar-refractivity contribution in [3.8, 4) is 11.5 Å². The monoisotopic (exact) mass is 584 g/mol. The number of allylic oxidation sites excluding steroid dienone is 1. The number of carbonyl (C=O) groups excluding carboxylic acids is 1. The van der Waals surface area contributed by atoms with Gasteiger partial charge in [-0.3, -0.25) is 4.90 Å². The number of aromatic amines is 1. The Morgan fingerprint density at radius 1 is 1.05 bits per heavy atom. The van der Waals surface area contributed by atoms with E-state index in [1.807, 2.05) is 42.6 Å². The van der Waals surface area contributed by atoms with Gasteiger partial charge in [-0.2, -0.15) is 0 Å². The molecule has 2 aromatic carbocycles. The lowest BCUT2D eigenvalue weighted by Crippen LogP contribution is -2.47. The highest BCUT2D eigenvalue weighted by Crippen LogP contribution is 2.46. The molecule has 2 aliphatic rings. The quantitative estimate of drug-likeness (QED) is 0.226. The zero-order valence-corrected chi connectivity index (χ0v) is 25.2. The van der Waals surface area contributed by atoms with Crippen LogP contribution in [0.15, 0.2) is 72.6 Å². The number of benzene rings is 2. The van der Waals surface area contributed by atoms with E-state index in [0.29, 0.717) is 17.1 Å². The van der Waals surface area contributed by atoms with E-state index < -0.39 is 5.97 Å². The fraction of sp³-hybridized carbons (Fsp3) is 0.353. The number of hydrogen-bond donors (Lipinski definition) is 1. The Balaban J connectivity index is 1.19. The summed E-state index contributed by atoms with van der Waals surface area (Å²) < 4.78 is 11.2. The number of piperazine rings is 1. The van der Waals surface area contributed by atoms with Crippen molar-refractivity contribution in [2.75, 3.05) is 44.7 Å². The summed E-state index contributed by atoms with van der Waals surface area (Å²) in [5, 5.41) is 1.72. The Hall–Kier alpha value is -3.81. The number of nitrogens with one attached hydrogen (secondary N) is 1. The highest BCUT2D eigenvalue weighted by Gasteiger charge is 2.32. The van der Waals surface area contributed by atoms with Crippen molar-refractivity contribution in [1.29, 1.82) is 0 Å². The van der Waals surface area contributed by atoms with E-state index in [-0.39, 0.29) is 5.41 Å². The molecule has 0 unspecified atom stereocenters. The molecular weight excluding hydrogens is 548 g/mol. The number of aromatic nitrogens is 2. The van der Waals surface area contributed by atoms with Gasteiger partial charge in [0.05, 0.1) is 13.3 Å². The summed E-state index contributed by atoms with van der Waals surface area (Å²) >= 11 is 6.21. The second-order valence-corrected chi connectivity index (χ2v) is 12.3. The number of hydrogen-bond acceptors (Lipinski definition) is 6. The number of halogens is 1. The summed E-state index contributed by atoms with van der Waals surface area (Å²) in [5.74, 6) is 0.590. The number of rotatable bonds is 7. The van der Waals surface area contributed by atoms with Gasteiger partial charge in [0, 0.05) is 61.1 Å². The number of methoxy groups -OCH3 is 1. The van der Waals surface area contributed by atoms with Gasteiger partial charge >= 0.3 is 5.97 Å². The molecule has 8 heteroatoms.